The summed E-state index contributed by atoms with van der Waals surface area (Å²) in [6.45, 7) is 6.73. The van der Waals surface area contributed by atoms with Crippen LogP contribution >= 0.6 is 0 Å². The maximum Gasteiger partial charge on any atom is 0.0572 e. The summed E-state index contributed by atoms with van der Waals surface area (Å²) in [6, 6.07) is 1.38. The van der Waals surface area contributed by atoms with Crippen LogP contribution < -0.4 is 0 Å². The third-order valence-electron chi connectivity index (χ3n) is 3.33. The van der Waals surface area contributed by atoms with E-state index in [1.54, 1.807) is 0 Å². The summed E-state index contributed by atoms with van der Waals surface area (Å²) in [5.41, 5.74) is 2.92. The first-order valence-corrected chi connectivity index (χ1v) is 5.55. The van der Waals surface area contributed by atoms with Crippen molar-refractivity contribution in [3.05, 3.63) is 17.5 Å². The van der Waals surface area contributed by atoms with E-state index >= 15 is 0 Å². The van der Waals surface area contributed by atoms with Crippen LogP contribution in [0.5, 0.6) is 0 Å². The topological polar surface area (TPSA) is 21.1 Å². The second-order valence-corrected chi connectivity index (χ2v) is 4.79. The Morgan fingerprint density at radius 2 is 2.14 bits per heavy atom. The molecule has 1 aliphatic carbocycles. The summed E-state index contributed by atoms with van der Waals surface area (Å²) in [7, 11) is 0. The van der Waals surface area contributed by atoms with Crippen molar-refractivity contribution >= 4 is 0 Å². The van der Waals surface area contributed by atoms with Crippen molar-refractivity contribution in [3.8, 4) is 0 Å². The summed E-state index contributed by atoms with van der Waals surface area (Å²) in [5, 5.41) is 4.48. The average Bonchev–Trinajstić information content (AvgIpc) is 2.77. The number of rotatable bonds is 2. The summed E-state index contributed by atoms with van der Waals surface area (Å²) >= 11 is 0. The van der Waals surface area contributed by atoms with Crippen LogP contribution in [0.3, 0.4) is 0 Å². The van der Waals surface area contributed by atoms with Crippen LogP contribution in [0.25, 0.3) is 0 Å². The number of hydrogen-bond donors (Lipinski definition) is 0. The molecule has 76 valence electrons. The fourth-order valence-electron chi connectivity index (χ4n) is 2.20. The van der Waals surface area contributed by atoms with Gasteiger partial charge >= 0.3 is 0 Å². The van der Waals surface area contributed by atoms with E-state index in [1.165, 1.54) is 24.1 Å². The fraction of sp³-hybridized carbons (Fsp3) is 0.727. The van der Waals surface area contributed by atoms with Gasteiger partial charge in [-0.3, -0.25) is 9.58 Å². The fourth-order valence-corrected chi connectivity index (χ4v) is 2.20. The van der Waals surface area contributed by atoms with Crippen molar-refractivity contribution in [2.45, 2.75) is 51.9 Å². The Balaban J connectivity index is 1.87. The zero-order valence-corrected chi connectivity index (χ0v) is 8.90. The molecule has 0 amide bonds. The van der Waals surface area contributed by atoms with Gasteiger partial charge in [0.15, 0.2) is 0 Å². The standard InChI is InChI=1S/C11H17N3/c1-8(2)13-6-9-5-12-14(10-3-4-10)11(9)7-13/h5,8,10H,3-4,6-7H2,1-2H3. The van der Waals surface area contributed by atoms with Crippen LogP contribution in [-0.4, -0.2) is 20.7 Å². The van der Waals surface area contributed by atoms with Crippen molar-refractivity contribution in [2.24, 2.45) is 0 Å². The molecule has 0 saturated heterocycles. The van der Waals surface area contributed by atoms with Crippen molar-refractivity contribution in [2.75, 3.05) is 0 Å². The van der Waals surface area contributed by atoms with Crippen LogP contribution in [0.4, 0.5) is 0 Å². The molecule has 2 aliphatic rings. The van der Waals surface area contributed by atoms with E-state index in [2.05, 4.69) is 34.7 Å². The molecule has 14 heavy (non-hydrogen) atoms. The molecule has 1 aromatic heterocycles. The molecule has 0 N–H and O–H groups in total. The smallest absolute Gasteiger partial charge is 0.0572 e. The molecule has 0 radical (unpaired) electrons. The Kier molecular flexibility index (Phi) is 1.71. The Morgan fingerprint density at radius 1 is 1.36 bits per heavy atom. The molecule has 1 saturated carbocycles. The second-order valence-electron chi connectivity index (χ2n) is 4.79. The lowest BCUT2D eigenvalue weighted by molar-refractivity contribution is 0.221. The molecule has 0 aromatic carbocycles. The summed E-state index contributed by atoms with van der Waals surface area (Å²) in [6.07, 6.45) is 4.72. The first-order chi connectivity index (χ1) is 6.75. The first kappa shape index (κ1) is 8.48. The summed E-state index contributed by atoms with van der Waals surface area (Å²) < 4.78 is 2.26. The minimum absolute atomic E-state index is 0.648. The second kappa shape index (κ2) is 2.83. The van der Waals surface area contributed by atoms with Crippen LogP contribution in [-0.2, 0) is 13.1 Å². The van der Waals surface area contributed by atoms with Gasteiger partial charge in [0, 0.05) is 24.7 Å². The largest absolute Gasteiger partial charge is 0.291 e. The van der Waals surface area contributed by atoms with Gasteiger partial charge in [-0.1, -0.05) is 0 Å². The third-order valence-corrected chi connectivity index (χ3v) is 3.33. The molecule has 0 atom stereocenters. The van der Waals surface area contributed by atoms with Gasteiger partial charge in [-0.25, -0.2) is 0 Å². The van der Waals surface area contributed by atoms with Gasteiger partial charge in [-0.05, 0) is 26.7 Å². The monoisotopic (exact) mass is 191 g/mol. The average molecular weight is 191 g/mol. The number of nitrogens with zero attached hydrogens (tertiary/aromatic N) is 3. The van der Waals surface area contributed by atoms with Crippen LogP contribution in [0, 0.1) is 0 Å². The highest BCUT2D eigenvalue weighted by Crippen LogP contribution is 2.38. The highest BCUT2D eigenvalue weighted by molar-refractivity contribution is 5.23. The Morgan fingerprint density at radius 3 is 2.79 bits per heavy atom. The zero-order chi connectivity index (χ0) is 9.71. The predicted molar refractivity (Wildman–Crippen MR) is 54.9 cm³/mol. The van der Waals surface area contributed by atoms with E-state index in [9.17, 15) is 0 Å². The molecule has 0 bridgehead atoms. The molecule has 0 spiro atoms. The van der Waals surface area contributed by atoms with Gasteiger partial charge in [0.25, 0.3) is 0 Å². The summed E-state index contributed by atoms with van der Waals surface area (Å²) in [5.74, 6) is 0. The Bertz CT molecular complexity index is 349. The zero-order valence-electron chi connectivity index (χ0n) is 8.90. The maximum atomic E-state index is 4.48. The first-order valence-electron chi connectivity index (χ1n) is 5.55. The lowest BCUT2D eigenvalue weighted by Gasteiger charge is -2.19. The quantitative estimate of drug-likeness (QED) is 0.712. The lowest BCUT2D eigenvalue weighted by Crippen LogP contribution is -2.25. The molecular formula is C11H17N3. The van der Waals surface area contributed by atoms with Gasteiger partial charge in [0.2, 0.25) is 0 Å². The Hall–Kier alpha value is -0.830. The van der Waals surface area contributed by atoms with Gasteiger partial charge in [-0.2, -0.15) is 5.10 Å². The highest BCUT2D eigenvalue weighted by Gasteiger charge is 2.32. The highest BCUT2D eigenvalue weighted by atomic mass is 15.3. The third kappa shape index (κ3) is 1.19. The molecule has 1 aliphatic heterocycles. The number of fused-ring (bicyclic) bond motifs is 1. The van der Waals surface area contributed by atoms with E-state index in [4.69, 9.17) is 0 Å². The SMILES string of the molecule is CC(C)N1Cc2cnn(C3CC3)c2C1. The minimum Gasteiger partial charge on any atom is -0.291 e. The lowest BCUT2D eigenvalue weighted by atomic mass is 10.3. The molecule has 1 aromatic rings. The number of hydrogen-bond acceptors (Lipinski definition) is 2. The summed E-state index contributed by atoms with van der Waals surface area (Å²) in [4.78, 5) is 2.51. The van der Waals surface area contributed by atoms with Crippen molar-refractivity contribution < 1.29 is 0 Å². The minimum atomic E-state index is 0.648. The van der Waals surface area contributed by atoms with E-state index in [0.717, 1.165) is 19.1 Å². The molecular weight excluding hydrogens is 174 g/mol. The maximum absolute atomic E-state index is 4.48. The van der Waals surface area contributed by atoms with Crippen molar-refractivity contribution in [1.82, 2.24) is 14.7 Å². The van der Waals surface area contributed by atoms with Crippen LogP contribution in [0.1, 0.15) is 44.0 Å². The van der Waals surface area contributed by atoms with E-state index in [0.29, 0.717) is 6.04 Å². The van der Waals surface area contributed by atoms with E-state index < -0.39 is 0 Å². The molecule has 2 heterocycles. The van der Waals surface area contributed by atoms with Crippen molar-refractivity contribution in [3.63, 3.8) is 0 Å². The molecule has 3 rings (SSSR count). The van der Waals surface area contributed by atoms with E-state index in [1.807, 2.05) is 0 Å². The molecule has 3 nitrogen and oxygen atoms in total. The van der Waals surface area contributed by atoms with Gasteiger partial charge in [0.1, 0.15) is 0 Å². The van der Waals surface area contributed by atoms with Crippen molar-refractivity contribution in [1.29, 1.82) is 0 Å². The normalized spacial score (nSPS) is 21.9. The molecule has 0 unspecified atom stereocenters. The van der Waals surface area contributed by atoms with E-state index in [-0.39, 0.29) is 0 Å². The molecule has 1 fully saturated rings. The number of aromatic nitrogens is 2. The molecule has 3 heteroatoms. The Labute approximate surface area is 84.7 Å². The van der Waals surface area contributed by atoms with Crippen LogP contribution in [0.2, 0.25) is 0 Å². The van der Waals surface area contributed by atoms with Gasteiger partial charge < -0.3 is 0 Å². The van der Waals surface area contributed by atoms with Gasteiger partial charge in [0.05, 0.1) is 17.9 Å². The predicted octanol–water partition coefficient (Wildman–Crippen LogP) is 1.94. The van der Waals surface area contributed by atoms with Crippen LogP contribution in [0.15, 0.2) is 6.20 Å². The van der Waals surface area contributed by atoms with Gasteiger partial charge in [-0.15, -0.1) is 0 Å².